The molecule has 0 spiro atoms. The van der Waals surface area contributed by atoms with E-state index >= 15 is 0 Å². The third-order valence-electron chi connectivity index (χ3n) is 1.76. The summed E-state index contributed by atoms with van der Waals surface area (Å²) in [4.78, 5) is 11.7. The van der Waals surface area contributed by atoms with Crippen LogP contribution in [0.5, 0.6) is 0 Å². The Kier molecular flexibility index (Phi) is 3.88. The van der Waals surface area contributed by atoms with E-state index in [1.807, 2.05) is 0 Å². The van der Waals surface area contributed by atoms with Gasteiger partial charge < -0.3 is 10.0 Å². The number of anilines is 1. The Morgan fingerprint density at radius 3 is 2.69 bits per heavy atom. The highest BCUT2D eigenvalue weighted by molar-refractivity contribution is 5.42. The summed E-state index contributed by atoms with van der Waals surface area (Å²) in [5.74, 6) is 0. The van der Waals surface area contributed by atoms with Gasteiger partial charge in [0.05, 0.1) is 18.5 Å². The van der Waals surface area contributed by atoms with Gasteiger partial charge in [-0.25, -0.2) is 5.10 Å². The molecular weight excluding hydrogens is 227 g/mol. The smallest absolute Gasteiger partial charge is 0.395 e. The molecule has 0 aliphatic carbocycles. The number of alkyl halides is 3. The minimum absolute atomic E-state index is 0.0233. The molecule has 1 aromatic heterocycles. The lowest BCUT2D eigenvalue weighted by molar-refractivity contribution is -0.119. The van der Waals surface area contributed by atoms with E-state index in [1.165, 1.54) is 0 Å². The van der Waals surface area contributed by atoms with E-state index in [2.05, 4.69) is 10.2 Å². The van der Waals surface area contributed by atoms with Crippen LogP contribution in [0.25, 0.3) is 0 Å². The van der Waals surface area contributed by atoms with E-state index in [0.29, 0.717) is 0 Å². The van der Waals surface area contributed by atoms with E-state index < -0.39 is 24.9 Å². The van der Waals surface area contributed by atoms with Crippen LogP contribution in [-0.2, 0) is 0 Å². The van der Waals surface area contributed by atoms with E-state index in [1.54, 1.807) is 0 Å². The van der Waals surface area contributed by atoms with Crippen molar-refractivity contribution in [1.29, 1.82) is 0 Å². The average molecular weight is 237 g/mol. The van der Waals surface area contributed by atoms with Crippen LogP contribution in [0.1, 0.15) is 0 Å². The summed E-state index contributed by atoms with van der Waals surface area (Å²) in [6.45, 7) is -1.90. The Labute approximate surface area is 88.5 Å². The molecule has 0 atom stereocenters. The molecule has 8 heteroatoms. The van der Waals surface area contributed by atoms with Crippen LogP contribution in [0.4, 0.5) is 18.9 Å². The Hall–Kier alpha value is -1.57. The van der Waals surface area contributed by atoms with Gasteiger partial charge in [-0.1, -0.05) is 0 Å². The van der Waals surface area contributed by atoms with Gasteiger partial charge in [0.1, 0.15) is 6.54 Å². The van der Waals surface area contributed by atoms with Crippen molar-refractivity contribution in [3.8, 4) is 0 Å². The molecule has 2 N–H and O–H groups in total. The molecule has 0 amide bonds. The van der Waals surface area contributed by atoms with Gasteiger partial charge in [0, 0.05) is 12.6 Å². The highest BCUT2D eigenvalue weighted by Gasteiger charge is 2.30. The summed E-state index contributed by atoms with van der Waals surface area (Å²) in [7, 11) is 0. The zero-order valence-corrected chi connectivity index (χ0v) is 8.16. The molecule has 1 heterocycles. The van der Waals surface area contributed by atoms with Gasteiger partial charge >= 0.3 is 6.18 Å². The van der Waals surface area contributed by atoms with Gasteiger partial charge in [-0.2, -0.15) is 18.3 Å². The molecular formula is C8H10F3N3O2. The molecule has 1 rings (SSSR count). The zero-order valence-electron chi connectivity index (χ0n) is 8.16. The number of hydrogen-bond donors (Lipinski definition) is 2. The van der Waals surface area contributed by atoms with E-state index in [0.717, 1.165) is 17.2 Å². The van der Waals surface area contributed by atoms with Crippen molar-refractivity contribution in [1.82, 2.24) is 10.2 Å². The fourth-order valence-electron chi connectivity index (χ4n) is 1.18. The van der Waals surface area contributed by atoms with Crippen LogP contribution in [0.3, 0.4) is 0 Å². The first-order chi connectivity index (χ1) is 7.42. The maximum Gasteiger partial charge on any atom is 0.405 e. The second-order valence-electron chi connectivity index (χ2n) is 3.06. The molecule has 0 aliphatic rings. The van der Waals surface area contributed by atoms with E-state index in [4.69, 9.17) is 5.11 Å². The predicted octanol–water partition coefficient (Wildman–Crippen LogP) is 0.131. The summed E-state index contributed by atoms with van der Waals surface area (Å²) >= 11 is 0. The van der Waals surface area contributed by atoms with Crippen LogP contribution >= 0.6 is 0 Å². The number of aromatic nitrogens is 2. The van der Waals surface area contributed by atoms with Crippen molar-refractivity contribution in [2.45, 2.75) is 6.18 Å². The highest BCUT2D eigenvalue weighted by atomic mass is 19.4. The summed E-state index contributed by atoms with van der Waals surface area (Å²) in [5, 5.41) is 14.1. The number of halogens is 3. The van der Waals surface area contributed by atoms with Crippen molar-refractivity contribution in [2.24, 2.45) is 0 Å². The maximum atomic E-state index is 12.2. The first-order valence-corrected chi connectivity index (χ1v) is 4.39. The second-order valence-corrected chi connectivity index (χ2v) is 3.06. The predicted molar refractivity (Wildman–Crippen MR) is 50.2 cm³/mol. The number of nitrogens with one attached hydrogen (secondary N) is 1. The summed E-state index contributed by atoms with van der Waals surface area (Å²) < 4.78 is 36.6. The molecule has 0 aromatic carbocycles. The third-order valence-corrected chi connectivity index (χ3v) is 1.76. The fourth-order valence-corrected chi connectivity index (χ4v) is 1.18. The molecule has 16 heavy (non-hydrogen) atoms. The van der Waals surface area contributed by atoms with Gasteiger partial charge in [-0.05, 0) is 0 Å². The quantitative estimate of drug-likeness (QED) is 0.781. The summed E-state index contributed by atoms with van der Waals surface area (Å²) in [6.07, 6.45) is -3.30. The van der Waals surface area contributed by atoms with Crippen LogP contribution in [0.2, 0.25) is 0 Å². The molecule has 5 nitrogen and oxygen atoms in total. The van der Waals surface area contributed by atoms with Crippen molar-refractivity contribution in [3.05, 3.63) is 22.6 Å². The topological polar surface area (TPSA) is 69.2 Å². The second kappa shape index (κ2) is 4.97. The van der Waals surface area contributed by atoms with Crippen LogP contribution in [0, 0.1) is 0 Å². The Balaban J connectivity index is 2.89. The molecule has 1 aromatic rings. The molecule has 0 unspecified atom stereocenters. The average Bonchev–Trinajstić information content (AvgIpc) is 2.15. The number of nitrogens with zero attached hydrogens (tertiary/aromatic N) is 2. The van der Waals surface area contributed by atoms with Crippen molar-refractivity contribution < 1.29 is 18.3 Å². The lowest BCUT2D eigenvalue weighted by Gasteiger charge is -2.24. The Morgan fingerprint density at radius 2 is 2.19 bits per heavy atom. The first kappa shape index (κ1) is 12.5. The van der Waals surface area contributed by atoms with Crippen molar-refractivity contribution >= 4 is 5.69 Å². The molecule has 0 saturated heterocycles. The first-order valence-electron chi connectivity index (χ1n) is 4.39. The Bertz CT molecular complexity index is 391. The van der Waals surface area contributed by atoms with Gasteiger partial charge in [-0.15, -0.1) is 0 Å². The Morgan fingerprint density at radius 1 is 1.50 bits per heavy atom. The minimum atomic E-state index is -4.40. The number of rotatable bonds is 4. The number of aliphatic hydroxyl groups is 1. The van der Waals surface area contributed by atoms with Gasteiger partial charge in [0.15, 0.2) is 0 Å². The van der Waals surface area contributed by atoms with E-state index in [-0.39, 0.29) is 12.2 Å². The number of aliphatic hydroxyl groups excluding tert-OH is 1. The third kappa shape index (κ3) is 3.89. The van der Waals surface area contributed by atoms with Crippen LogP contribution < -0.4 is 10.5 Å². The maximum absolute atomic E-state index is 12.2. The summed E-state index contributed by atoms with van der Waals surface area (Å²) in [5.41, 5.74) is -0.572. The zero-order chi connectivity index (χ0) is 12.2. The fraction of sp³-hybridized carbons (Fsp3) is 0.500. The highest BCUT2D eigenvalue weighted by Crippen LogP contribution is 2.20. The molecule has 0 radical (unpaired) electrons. The van der Waals surface area contributed by atoms with Crippen molar-refractivity contribution in [2.75, 3.05) is 24.6 Å². The summed E-state index contributed by atoms with van der Waals surface area (Å²) in [6, 6.07) is 0.994. The number of hydrogen-bond acceptors (Lipinski definition) is 4. The minimum Gasteiger partial charge on any atom is -0.395 e. The van der Waals surface area contributed by atoms with Crippen LogP contribution in [0.15, 0.2) is 17.1 Å². The lowest BCUT2D eigenvalue weighted by atomic mass is 10.3. The molecule has 0 fully saturated rings. The largest absolute Gasteiger partial charge is 0.405 e. The molecule has 90 valence electrons. The molecule has 0 aliphatic heterocycles. The lowest BCUT2D eigenvalue weighted by Crippen LogP contribution is -2.36. The monoisotopic (exact) mass is 237 g/mol. The number of aromatic amines is 1. The standard InChI is InChI=1S/C8H10F3N3O2/c9-8(10,11)5-14(1-2-15)6-3-7(16)13-12-4-6/h3-4,15H,1-2,5H2,(H,13,16). The van der Waals surface area contributed by atoms with E-state index in [9.17, 15) is 18.0 Å². The van der Waals surface area contributed by atoms with Gasteiger partial charge in [-0.3, -0.25) is 4.79 Å². The SMILES string of the molecule is O=c1cc(N(CCO)CC(F)(F)F)cn[nH]1. The van der Waals surface area contributed by atoms with Crippen molar-refractivity contribution in [3.63, 3.8) is 0 Å². The molecule has 0 bridgehead atoms. The number of H-pyrrole nitrogens is 1. The van der Waals surface area contributed by atoms with Gasteiger partial charge in [0.2, 0.25) is 0 Å². The normalized spacial score (nSPS) is 11.5. The van der Waals surface area contributed by atoms with Gasteiger partial charge in [0.25, 0.3) is 5.56 Å². The molecule has 0 saturated carbocycles. The van der Waals surface area contributed by atoms with Crippen LogP contribution in [-0.4, -0.2) is 41.2 Å².